The molecule has 2 rings (SSSR count). The lowest BCUT2D eigenvalue weighted by Crippen LogP contribution is -2.43. The fourth-order valence-electron chi connectivity index (χ4n) is 2.95. The standard InChI is InChI=1S/C22H29FN4O3/c1-15-9-10-16(13-18(15)23)21(28)24-11-12-25-22(29)26-14-19(27(2)3)17-7-5-6-8-20(17)30-4/h5-10,13,19H,11-12,14H2,1-4H3,(H,24,28)(H2,25,26,29). The van der Waals surface area contributed by atoms with E-state index in [2.05, 4.69) is 16.0 Å². The van der Waals surface area contributed by atoms with E-state index in [1.54, 1.807) is 26.2 Å². The number of nitrogens with zero attached hydrogens (tertiary/aromatic N) is 1. The Morgan fingerprint density at radius 1 is 1.07 bits per heavy atom. The van der Waals surface area contributed by atoms with Crippen molar-refractivity contribution >= 4 is 11.9 Å². The summed E-state index contributed by atoms with van der Waals surface area (Å²) in [5.74, 6) is -0.0562. The van der Waals surface area contributed by atoms with Gasteiger partial charge in [0.25, 0.3) is 5.91 Å². The summed E-state index contributed by atoms with van der Waals surface area (Å²) >= 11 is 0. The number of halogens is 1. The third-order valence-corrected chi connectivity index (χ3v) is 4.71. The molecule has 0 radical (unpaired) electrons. The van der Waals surface area contributed by atoms with Gasteiger partial charge in [0.1, 0.15) is 11.6 Å². The first-order chi connectivity index (χ1) is 14.3. The summed E-state index contributed by atoms with van der Waals surface area (Å²) in [7, 11) is 5.48. The quantitative estimate of drug-likeness (QED) is 0.549. The van der Waals surface area contributed by atoms with Crippen LogP contribution >= 0.6 is 0 Å². The average Bonchev–Trinajstić information content (AvgIpc) is 2.73. The average molecular weight is 416 g/mol. The zero-order valence-corrected chi connectivity index (χ0v) is 17.8. The first-order valence-corrected chi connectivity index (χ1v) is 9.69. The number of carbonyl (C=O) groups excluding carboxylic acids is 2. The molecule has 8 heteroatoms. The molecule has 162 valence electrons. The second-order valence-electron chi connectivity index (χ2n) is 7.08. The molecule has 0 saturated carbocycles. The number of hydrogen-bond acceptors (Lipinski definition) is 4. The summed E-state index contributed by atoms with van der Waals surface area (Å²) in [4.78, 5) is 26.2. The zero-order chi connectivity index (χ0) is 22.1. The first-order valence-electron chi connectivity index (χ1n) is 9.69. The number of para-hydroxylation sites is 1. The van der Waals surface area contributed by atoms with Crippen molar-refractivity contribution in [3.05, 3.63) is 65.0 Å². The van der Waals surface area contributed by atoms with Gasteiger partial charge < -0.3 is 25.6 Å². The number of nitrogens with one attached hydrogen (secondary N) is 3. The van der Waals surface area contributed by atoms with Crippen LogP contribution in [0.5, 0.6) is 5.75 Å². The van der Waals surface area contributed by atoms with Gasteiger partial charge in [-0.3, -0.25) is 4.79 Å². The van der Waals surface area contributed by atoms with Crippen molar-refractivity contribution in [2.24, 2.45) is 0 Å². The van der Waals surface area contributed by atoms with Crippen LogP contribution in [0, 0.1) is 12.7 Å². The largest absolute Gasteiger partial charge is 0.496 e. The second kappa shape index (κ2) is 11.2. The molecule has 1 atom stereocenters. The van der Waals surface area contributed by atoms with Gasteiger partial charge in [-0.25, -0.2) is 9.18 Å². The van der Waals surface area contributed by atoms with Crippen LogP contribution in [0.4, 0.5) is 9.18 Å². The third-order valence-electron chi connectivity index (χ3n) is 4.71. The topological polar surface area (TPSA) is 82.7 Å². The van der Waals surface area contributed by atoms with E-state index in [1.165, 1.54) is 6.07 Å². The van der Waals surface area contributed by atoms with Gasteiger partial charge in [0.05, 0.1) is 13.2 Å². The Morgan fingerprint density at radius 2 is 1.77 bits per heavy atom. The molecule has 0 fully saturated rings. The van der Waals surface area contributed by atoms with Crippen LogP contribution in [0.3, 0.4) is 0 Å². The minimum absolute atomic E-state index is 0.0666. The van der Waals surface area contributed by atoms with Gasteiger partial charge in [-0.15, -0.1) is 0 Å². The summed E-state index contributed by atoms with van der Waals surface area (Å²) in [6.07, 6.45) is 0. The summed E-state index contributed by atoms with van der Waals surface area (Å²) < 4.78 is 19.0. The molecule has 1 unspecified atom stereocenters. The molecule has 2 aromatic carbocycles. The SMILES string of the molecule is COc1ccccc1C(CNC(=O)NCCNC(=O)c1ccc(C)c(F)c1)N(C)C. The summed E-state index contributed by atoms with van der Waals surface area (Å²) in [6.45, 7) is 2.49. The van der Waals surface area contributed by atoms with E-state index in [0.717, 1.165) is 11.3 Å². The van der Waals surface area contributed by atoms with Crippen LogP contribution < -0.4 is 20.7 Å². The number of benzene rings is 2. The molecular formula is C22H29FN4O3. The maximum absolute atomic E-state index is 13.6. The number of rotatable bonds is 9. The Bertz CT molecular complexity index is 873. The van der Waals surface area contributed by atoms with Crippen molar-refractivity contribution < 1.29 is 18.7 Å². The van der Waals surface area contributed by atoms with Crippen molar-refractivity contribution in [3.8, 4) is 5.75 Å². The molecule has 0 aliphatic rings. The lowest BCUT2D eigenvalue weighted by atomic mass is 10.0. The number of methoxy groups -OCH3 is 1. The fourth-order valence-corrected chi connectivity index (χ4v) is 2.95. The van der Waals surface area contributed by atoms with Crippen LogP contribution in [-0.2, 0) is 0 Å². The first kappa shape index (κ1) is 23.2. The molecule has 0 aliphatic carbocycles. The van der Waals surface area contributed by atoms with Crippen molar-refractivity contribution in [2.75, 3.05) is 40.8 Å². The van der Waals surface area contributed by atoms with Crippen molar-refractivity contribution in [3.63, 3.8) is 0 Å². The van der Waals surface area contributed by atoms with Gasteiger partial charge in [0, 0.05) is 30.8 Å². The summed E-state index contributed by atoms with van der Waals surface area (Å²) in [6, 6.07) is 11.6. The number of aryl methyl sites for hydroxylation is 1. The fraction of sp³-hybridized carbons (Fsp3) is 0.364. The predicted molar refractivity (Wildman–Crippen MR) is 114 cm³/mol. The number of hydrogen-bond donors (Lipinski definition) is 3. The minimum Gasteiger partial charge on any atom is -0.496 e. The molecular weight excluding hydrogens is 387 g/mol. The van der Waals surface area contributed by atoms with Gasteiger partial charge in [0.15, 0.2) is 0 Å². The van der Waals surface area contributed by atoms with Crippen LogP contribution in [0.15, 0.2) is 42.5 Å². The molecule has 7 nitrogen and oxygen atoms in total. The zero-order valence-electron chi connectivity index (χ0n) is 17.8. The van der Waals surface area contributed by atoms with Crippen LogP contribution in [0.1, 0.15) is 27.5 Å². The molecule has 2 aromatic rings. The lowest BCUT2D eigenvalue weighted by Gasteiger charge is -2.26. The maximum Gasteiger partial charge on any atom is 0.314 e. The number of ether oxygens (including phenoxy) is 1. The Hall–Kier alpha value is -3.13. The molecule has 0 heterocycles. The second-order valence-corrected chi connectivity index (χ2v) is 7.08. The maximum atomic E-state index is 13.6. The van der Waals surface area contributed by atoms with E-state index in [0.29, 0.717) is 12.1 Å². The number of urea groups is 1. The van der Waals surface area contributed by atoms with E-state index in [4.69, 9.17) is 4.74 Å². The highest BCUT2D eigenvalue weighted by Crippen LogP contribution is 2.27. The highest BCUT2D eigenvalue weighted by Gasteiger charge is 2.19. The van der Waals surface area contributed by atoms with Crippen molar-refractivity contribution in [1.82, 2.24) is 20.9 Å². The molecule has 0 saturated heterocycles. The normalized spacial score (nSPS) is 11.7. The molecule has 3 N–H and O–H groups in total. The Labute approximate surface area is 176 Å². The number of likely N-dealkylation sites (N-methyl/N-ethyl adjacent to an activating group) is 1. The number of amides is 3. The Kier molecular flexibility index (Phi) is 8.61. The highest BCUT2D eigenvalue weighted by atomic mass is 19.1. The summed E-state index contributed by atoms with van der Waals surface area (Å²) in [5, 5.41) is 8.19. The van der Waals surface area contributed by atoms with Crippen molar-refractivity contribution in [2.45, 2.75) is 13.0 Å². The van der Waals surface area contributed by atoms with Gasteiger partial charge in [0.2, 0.25) is 0 Å². The molecule has 30 heavy (non-hydrogen) atoms. The lowest BCUT2D eigenvalue weighted by molar-refractivity contribution is 0.0953. The summed E-state index contributed by atoms with van der Waals surface area (Å²) in [5.41, 5.74) is 1.70. The Balaban J connectivity index is 1.78. The molecule has 0 bridgehead atoms. The van der Waals surface area contributed by atoms with E-state index in [9.17, 15) is 14.0 Å². The van der Waals surface area contributed by atoms with Gasteiger partial charge in [-0.05, 0) is 44.8 Å². The van der Waals surface area contributed by atoms with Gasteiger partial charge in [-0.2, -0.15) is 0 Å². The van der Waals surface area contributed by atoms with Crippen LogP contribution in [0.2, 0.25) is 0 Å². The van der Waals surface area contributed by atoms with Crippen LogP contribution in [-0.4, -0.2) is 57.7 Å². The number of carbonyl (C=O) groups is 2. The molecule has 3 amide bonds. The molecule has 0 spiro atoms. The predicted octanol–water partition coefficient (Wildman–Crippen LogP) is 2.47. The van der Waals surface area contributed by atoms with Gasteiger partial charge in [-0.1, -0.05) is 24.3 Å². The van der Waals surface area contributed by atoms with Crippen LogP contribution in [0.25, 0.3) is 0 Å². The van der Waals surface area contributed by atoms with Gasteiger partial charge >= 0.3 is 6.03 Å². The van der Waals surface area contributed by atoms with E-state index in [1.807, 2.05) is 43.3 Å². The van der Waals surface area contributed by atoms with E-state index >= 15 is 0 Å². The van der Waals surface area contributed by atoms with E-state index < -0.39 is 5.82 Å². The smallest absolute Gasteiger partial charge is 0.314 e. The van der Waals surface area contributed by atoms with E-state index in [-0.39, 0.29) is 36.6 Å². The Morgan fingerprint density at radius 3 is 2.43 bits per heavy atom. The highest BCUT2D eigenvalue weighted by molar-refractivity contribution is 5.94. The monoisotopic (exact) mass is 416 g/mol. The molecule has 0 aromatic heterocycles. The minimum atomic E-state index is -0.425. The third kappa shape index (κ3) is 6.45. The molecule has 0 aliphatic heterocycles. The van der Waals surface area contributed by atoms with Crippen molar-refractivity contribution in [1.29, 1.82) is 0 Å².